The first-order chi connectivity index (χ1) is 9.49. The number of anilines is 1. The summed E-state index contributed by atoms with van der Waals surface area (Å²) >= 11 is 6.02. The third-order valence-electron chi connectivity index (χ3n) is 3.07. The number of nitrogens with two attached hydrogens (primary N) is 1. The highest BCUT2D eigenvalue weighted by molar-refractivity contribution is 6.31. The second-order valence-electron chi connectivity index (χ2n) is 4.71. The highest BCUT2D eigenvalue weighted by Gasteiger charge is 2.14. The van der Waals surface area contributed by atoms with E-state index in [1.807, 2.05) is 38.1 Å². The van der Waals surface area contributed by atoms with Gasteiger partial charge in [-0.05, 0) is 37.1 Å². The maximum Gasteiger partial charge on any atom is 0.340 e. The largest absolute Gasteiger partial charge is 0.457 e. The van der Waals surface area contributed by atoms with Crippen LogP contribution in [0.5, 0.6) is 0 Å². The van der Waals surface area contributed by atoms with Crippen LogP contribution in [0.2, 0.25) is 5.02 Å². The number of aryl methyl sites for hydroxylation is 2. The zero-order valence-electron chi connectivity index (χ0n) is 11.4. The molecular weight excluding hydrogens is 274 g/mol. The molecule has 0 aliphatic carbocycles. The zero-order valence-corrected chi connectivity index (χ0v) is 12.2. The van der Waals surface area contributed by atoms with Crippen molar-refractivity contribution in [2.45, 2.75) is 20.5 Å². The molecule has 0 bridgehead atoms. The summed E-state index contributed by atoms with van der Waals surface area (Å²) in [5, 5.41) is 0.577. The molecule has 104 valence electrons. The fraction of sp³-hybridized carbons (Fsp3) is 0.188. The number of hydrogen-bond donors (Lipinski definition) is 1. The molecule has 0 aromatic heterocycles. The van der Waals surface area contributed by atoms with Gasteiger partial charge in [0, 0.05) is 16.3 Å². The Morgan fingerprint density at radius 1 is 1.25 bits per heavy atom. The summed E-state index contributed by atoms with van der Waals surface area (Å²) in [5.41, 5.74) is 9.39. The minimum Gasteiger partial charge on any atom is -0.457 e. The Morgan fingerprint density at radius 3 is 2.65 bits per heavy atom. The van der Waals surface area contributed by atoms with Crippen LogP contribution in [-0.2, 0) is 11.3 Å². The molecule has 0 atom stereocenters. The van der Waals surface area contributed by atoms with Crippen molar-refractivity contribution in [1.29, 1.82) is 0 Å². The van der Waals surface area contributed by atoms with Gasteiger partial charge in [0.25, 0.3) is 0 Å². The molecule has 2 rings (SSSR count). The molecular formula is C16H16ClNO2. The summed E-state index contributed by atoms with van der Waals surface area (Å²) < 4.78 is 5.28. The van der Waals surface area contributed by atoms with Crippen LogP contribution < -0.4 is 5.73 Å². The average Bonchev–Trinajstić information content (AvgIpc) is 2.41. The van der Waals surface area contributed by atoms with Crippen molar-refractivity contribution in [3.63, 3.8) is 0 Å². The number of rotatable bonds is 3. The van der Waals surface area contributed by atoms with Gasteiger partial charge in [0.05, 0.1) is 5.56 Å². The van der Waals surface area contributed by atoms with Crippen molar-refractivity contribution in [3.8, 4) is 0 Å². The van der Waals surface area contributed by atoms with Gasteiger partial charge in [-0.3, -0.25) is 0 Å². The van der Waals surface area contributed by atoms with Gasteiger partial charge in [-0.1, -0.05) is 35.9 Å². The quantitative estimate of drug-likeness (QED) is 0.689. The minimum absolute atomic E-state index is 0.130. The summed E-state index contributed by atoms with van der Waals surface area (Å²) in [7, 11) is 0. The molecule has 0 fully saturated rings. The lowest BCUT2D eigenvalue weighted by Gasteiger charge is -2.11. The van der Waals surface area contributed by atoms with E-state index < -0.39 is 5.97 Å². The van der Waals surface area contributed by atoms with Gasteiger partial charge in [0.1, 0.15) is 6.61 Å². The van der Waals surface area contributed by atoms with E-state index in [4.69, 9.17) is 22.1 Å². The molecule has 4 heteroatoms. The first-order valence-electron chi connectivity index (χ1n) is 6.26. The number of benzene rings is 2. The summed E-state index contributed by atoms with van der Waals surface area (Å²) in [6.07, 6.45) is 0. The van der Waals surface area contributed by atoms with Gasteiger partial charge in [-0.25, -0.2) is 4.79 Å². The van der Waals surface area contributed by atoms with E-state index >= 15 is 0 Å². The second-order valence-corrected chi connectivity index (χ2v) is 5.12. The lowest BCUT2D eigenvalue weighted by Crippen LogP contribution is -2.10. The number of hydrogen-bond acceptors (Lipinski definition) is 3. The summed E-state index contributed by atoms with van der Waals surface area (Å²) in [5.74, 6) is -0.436. The maximum atomic E-state index is 12.1. The van der Waals surface area contributed by atoms with Gasteiger partial charge >= 0.3 is 5.97 Å². The van der Waals surface area contributed by atoms with Gasteiger partial charge in [0.2, 0.25) is 0 Å². The molecule has 0 aliphatic heterocycles. The molecule has 0 unspecified atom stereocenters. The minimum atomic E-state index is -0.436. The molecule has 2 aromatic rings. The molecule has 20 heavy (non-hydrogen) atoms. The monoisotopic (exact) mass is 289 g/mol. The molecule has 0 aliphatic rings. The molecule has 2 aromatic carbocycles. The standard InChI is InChI=1S/C16H16ClNO2/c1-10-7-11(2)15(18)13(8-10)16(19)20-9-12-5-3-4-6-14(12)17/h3-8H,9,18H2,1-2H3. The van der Waals surface area contributed by atoms with Crippen molar-refractivity contribution < 1.29 is 9.53 Å². The van der Waals surface area contributed by atoms with Crippen LogP contribution in [0.15, 0.2) is 36.4 Å². The third kappa shape index (κ3) is 3.11. The highest BCUT2D eigenvalue weighted by Crippen LogP contribution is 2.21. The van der Waals surface area contributed by atoms with E-state index in [0.29, 0.717) is 16.3 Å². The summed E-state index contributed by atoms with van der Waals surface area (Å²) in [4.78, 5) is 12.1. The van der Waals surface area contributed by atoms with Gasteiger partial charge in [0.15, 0.2) is 0 Å². The van der Waals surface area contributed by atoms with Crippen molar-refractivity contribution >= 4 is 23.3 Å². The first-order valence-corrected chi connectivity index (χ1v) is 6.64. The van der Waals surface area contributed by atoms with Gasteiger partial charge < -0.3 is 10.5 Å². The van der Waals surface area contributed by atoms with E-state index in [0.717, 1.165) is 16.7 Å². The van der Waals surface area contributed by atoms with Crippen LogP contribution in [0, 0.1) is 13.8 Å². The Labute approximate surface area is 123 Å². The van der Waals surface area contributed by atoms with Crippen LogP contribution in [0.3, 0.4) is 0 Å². The number of halogens is 1. The number of ether oxygens (including phenoxy) is 1. The van der Waals surface area contributed by atoms with Crippen LogP contribution in [0.1, 0.15) is 27.0 Å². The molecule has 0 radical (unpaired) electrons. The number of carbonyl (C=O) groups is 1. The summed E-state index contributed by atoms with van der Waals surface area (Å²) in [6, 6.07) is 10.9. The van der Waals surface area contributed by atoms with Crippen molar-refractivity contribution in [1.82, 2.24) is 0 Å². The predicted molar refractivity (Wildman–Crippen MR) is 80.9 cm³/mol. The fourth-order valence-electron chi connectivity index (χ4n) is 1.98. The summed E-state index contributed by atoms with van der Waals surface area (Å²) in [6.45, 7) is 3.91. The average molecular weight is 290 g/mol. The van der Waals surface area contributed by atoms with Crippen LogP contribution in [0.4, 0.5) is 5.69 Å². The number of esters is 1. The smallest absolute Gasteiger partial charge is 0.340 e. The second kappa shape index (κ2) is 5.97. The van der Waals surface area contributed by atoms with Crippen LogP contribution in [0.25, 0.3) is 0 Å². The third-order valence-corrected chi connectivity index (χ3v) is 3.44. The normalized spacial score (nSPS) is 10.3. The SMILES string of the molecule is Cc1cc(C)c(N)c(C(=O)OCc2ccccc2Cl)c1. The number of carbonyl (C=O) groups excluding carboxylic acids is 1. The zero-order chi connectivity index (χ0) is 14.7. The van der Waals surface area contributed by atoms with Crippen molar-refractivity contribution in [3.05, 3.63) is 63.7 Å². The Kier molecular flexibility index (Phi) is 4.30. The topological polar surface area (TPSA) is 52.3 Å². The molecule has 0 saturated heterocycles. The van der Waals surface area contributed by atoms with Crippen LogP contribution in [-0.4, -0.2) is 5.97 Å². The number of nitrogen functional groups attached to an aromatic ring is 1. The Bertz CT molecular complexity index is 653. The predicted octanol–water partition coefficient (Wildman–Crippen LogP) is 3.90. The molecule has 2 N–H and O–H groups in total. The van der Waals surface area contributed by atoms with Gasteiger partial charge in [-0.15, -0.1) is 0 Å². The van der Waals surface area contributed by atoms with Crippen LogP contribution >= 0.6 is 11.6 Å². The lowest BCUT2D eigenvalue weighted by atomic mass is 10.0. The Morgan fingerprint density at radius 2 is 1.95 bits per heavy atom. The van der Waals surface area contributed by atoms with E-state index in [9.17, 15) is 4.79 Å². The first kappa shape index (κ1) is 14.4. The Balaban J connectivity index is 2.15. The fourth-order valence-corrected chi connectivity index (χ4v) is 2.17. The molecule has 0 amide bonds. The molecule has 0 heterocycles. The van der Waals surface area contributed by atoms with E-state index in [1.165, 1.54) is 0 Å². The van der Waals surface area contributed by atoms with E-state index in [-0.39, 0.29) is 6.61 Å². The van der Waals surface area contributed by atoms with Crippen molar-refractivity contribution in [2.24, 2.45) is 0 Å². The molecule has 0 spiro atoms. The van der Waals surface area contributed by atoms with E-state index in [1.54, 1.807) is 12.1 Å². The Hall–Kier alpha value is -2.00. The lowest BCUT2D eigenvalue weighted by molar-refractivity contribution is 0.0474. The maximum absolute atomic E-state index is 12.1. The molecule has 0 saturated carbocycles. The highest BCUT2D eigenvalue weighted by atomic mass is 35.5. The van der Waals surface area contributed by atoms with E-state index in [2.05, 4.69) is 0 Å². The van der Waals surface area contributed by atoms with Gasteiger partial charge in [-0.2, -0.15) is 0 Å². The molecule has 3 nitrogen and oxygen atoms in total. The van der Waals surface area contributed by atoms with Crippen molar-refractivity contribution in [2.75, 3.05) is 5.73 Å².